The van der Waals surface area contributed by atoms with E-state index in [2.05, 4.69) is 52.7 Å². The Morgan fingerprint density at radius 1 is 1.53 bits per heavy atom. The van der Waals surface area contributed by atoms with E-state index in [0.717, 1.165) is 16.9 Å². The van der Waals surface area contributed by atoms with Gasteiger partial charge in [0.05, 0.1) is 0 Å². The summed E-state index contributed by atoms with van der Waals surface area (Å²) in [6, 6.07) is 6.33. The van der Waals surface area contributed by atoms with Crippen molar-refractivity contribution >= 4 is 27.7 Å². The fourth-order valence-corrected chi connectivity index (χ4v) is 2.16. The van der Waals surface area contributed by atoms with Crippen LogP contribution >= 0.6 is 15.9 Å². The minimum Gasteiger partial charge on any atom is -0.374 e. The van der Waals surface area contributed by atoms with Crippen molar-refractivity contribution in [1.29, 1.82) is 0 Å². The van der Waals surface area contributed by atoms with Gasteiger partial charge in [-0.05, 0) is 36.5 Å². The minimum atomic E-state index is 0.909. The number of benzene rings is 1. The first-order chi connectivity index (χ1) is 7.20. The van der Waals surface area contributed by atoms with E-state index >= 15 is 0 Å². The van der Waals surface area contributed by atoms with Crippen molar-refractivity contribution in [3.63, 3.8) is 0 Å². The van der Waals surface area contributed by atoms with Crippen LogP contribution in [-0.4, -0.2) is 13.6 Å². The van der Waals surface area contributed by atoms with Crippen LogP contribution in [0.4, 0.5) is 5.69 Å². The van der Waals surface area contributed by atoms with E-state index in [1.54, 1.807) is 0 Å². The minimum absolute atomic E-state index is 0.909. The van der Waals surface area contributed by atoms with E-state index in [4.69, 9.17) is 0 Å². The molecule has 0 bridgehead atoms. The molecule has 0 heterocycles. The van der Waals surface area contributed by atoms with E-state index in [1.165, 1.54) is 24.1 Å². The maximum Gasteiger partial charge on any atom is 0.0448 e. The summed E-state index contributed by atoms with van der Waals surface area (Å²) in [5, 5.41) is 0. The highest BCUT2D eigenvalue weighted by Crippen LogP contribution is 2.32. The summed E-state index contributed by atoms with van der Waals surface area (Å²) >= 11 is 3.51. The Morgan fingerprint density at radius 3 is 2.87 bits per heavy atom. The number of hydrogen-bond acceptors (Lipinski definition) is 1. The zero-order valence-electron chi connectivity index (χ0n) is 9.04. The van der Waals surface area contributed by atoms with Crippen LogP contribution in [0.15, 0.2) is 29.3 Å². The fourth-order valence-electron chi connectivity index (χ4n) is 1.81. The van der Waals surface area contributed by atoms with Gasteiger partial charge >= 0.3 is 0 Å². The largest absolute Gasteiger partial charge is 0.374 e. The van der Waals surface area contributed by atoms with Crippen molar-refractivity contribution in [1.82, 2.24) is 0 Å². The molecule has 1 saturated carbocycles. The number of rotatable bonds is 4. The average molecular weight is 266 g/mol. The molecule has 1 aromatic carbocycles. The maximum atomic E-state index is 3.86. The van der Waals surface area contributed by atoms with Gasteiger partial charge in [0, 0.05) is 23.8 Å². The van der Waals surface area contributed by atoms with Crippen LogP contribution in [0.2, 0.25) is 0 Å². The van der Waals surface area contributed by atoms with Gasteiger partial charge in [0.1, 0.15) is 0 Å². The molecule has 1 fully saturated rings. The average Bonchev–Trinajstić information content (AvgIpc) is 3.01. The highest BCUT2D eigenvalue weighted by atomic mass is 79.9. The lowest BCUT2D eigenvalue weighted by molar-refractivity contribution is 0.787. The third-order valence-electron chi connectivity index (χ3n) is 2.85. The van der Waals surface area contributed by atoms with Gasteiger partial charge in [0.15, 0.2) is 0 Å². The van der Waals surface area contributed by atoms with Gasteiger partial charge < -0.3 is 4.90 Å². The third-order valence-corrected chi connectivity index (χ3v) is 3.35. The van der Waals surface area contributed by atoms with Gasteiger partial charge in [-0.1, -0.05) is 34.7 Å². The molecule has 1 aliphatic carbocycles. The predicted octanol–water partition coefficient (Wildman–Crippen LogP) is 3.94. The fraction of sp³-hybridized carbons (Fsp3) is 0.385. The molecule has 15 heavy (non-hydrogen) atoms. The van der Waals surface area contributed by atoms with Crippen LogP contribution < -0.4 is 4.90 Å². The van der Waals surface area contributed by atoms with Gasteiger partial charge in [0.2, 0.25) is 0 Å². The quantitative estimate of drug-likeness (QED) is 0.797. The van der Waals surface area contributed by atoms with E-state index in [0.29, 0.717) is 0 Å². The molecule has 2 heteroatoms. The Kier molecular flexibility index (Phi) is 3.15. The first kappa shape index (κ1) is 10.7. The molecule has 80 valence electrons. The summed E-state index contributed by atoms with van der Waals surface area (Å²) in [5.74, 6) is 0.909. The van der Waals surface area contributed by atoms with Crippen LogP contribution in [0.25, 0.3) is 6.08 Å². The topological polar surface area (TPSA) is 3.24 Å². The second-order valence-electron chi connectivity index (χ2n) is 4.23. The Hall–Kier alpha value is -0.760. The van der Waals surface area contributed by atoms with E-state index in [9.17, 15) is 0 Å². The highest BCUT2D eigenvalue weighted by Gasteiger charge is 2.23. The molecule has 0 radical (unpaired) electrons. The predicted molar refractivity (Wildman–Crippen MR) is 70.2 cm³/mol. The van der Waals surface area contributed by atoms with Crippen LogP contribution in [0.3, 0.4) is 0 Å². The summed E-state index contributed by atoms with van der Waals surface area (Å²) in [6.07, 6.45) is 4.70. The molecular weight excluding hydrogens is 250 g/mol. The van der Waals surface area contributed by atoms with E-state index < -0.39 is 0 Å². The van der Waals surface area contributed by atoms with Gasteiger partial charge in [-0.3, -0.25) is 0 Å². The molecule has 1 nitrogen and oxygen atoms in total. The normalized spacial score (nSPS) is 15.1. The van der Waals surface area contributed by atoms with Crippen molar-refractivity contribution in [2.75, 3.05) is 18.5 Å². The molecule has 0 aromatic heterocycles. The first-order valence-electron chi connectivity index (χ1n) is 5.34. The molecule has 0 unspecified atom stereocenters. The highest BCUT2D eigenvalue weighted by molar-refractivity contribution is 9.10. The Labute approximate surface area is 99.9 Å². The number of nitrogens with zero attached hydrogens (tertiary/aromatic N) is 1. The second kappa shape index (κ2) is 4.40. The lowest BCUT2D eigenvalue weighted by Crippen LogP contribution is -2.20. The zero-order chi connectivity index (χ0) is 10.8. The Bertz CT molecular complexity index is 369. The summed E-state index contributed by atoms with van der Waals surface area (Å²) in [7, 11) is 2.16. The molecule has 0 saturated heterocycles. The van der Waals surface area contributed by atoms with Crippen LogP contribution in [0, 0.1) is 5.92 Å². The summed E-state index contributed by atoms with van der Waals surface area (Å²) in [5.41, 5.74) is 2.48. The molecule has 0 amide bonds. The molecule has 0 N–H and O–H groups in total. The smallest absolute Gasteiger partial charge is 0.0448 e. The first-order valence-corrected chi connectivity index (χ1v) is 6.13. The van der Waals surface area contributed by atoms with Crippen molar-refractivity contribution in [2.45, 2.75) is 12.8 Å². The van der Waals surface area contributed by atoms with Crippen molar-refractivity contribution in [3.8, 4) is 0 Å². The van der Waals surface area contributed by atoms with Gasteiger partial charge in [-0.15, -0.1) is 0 Å². The SMILES string of the molecule is C=Cc1ccc(Br)cc1N(C)CC1CC1. The summed E-state index contributed by atoms with van der Waals surface area (Å²) in [6.45, 7) is 5.02. The number of hydrogen-bond donors (Lipinski definition) is 0. The second-order valence-corrected chi connectivity index (χ2v) is 5.15. The number of anilines is 1. The summed E-state index contributed by atoms with van der Waals surface area (Å²) in [4.78, 5) is 2.33. The molecule has 0 aliphatic heterocycles. The van der Waals surface area contributed by atoms with Crippen LogP contribution in [0.1, 0.15) is 18.4 Å². The Morgan fingerprint density at radius 2 is 2.27 bits per heavy atom. The molecule has 2 rings (SSSR count). The van der Waals surface area contributed by atoms with Gasteiger partial charge in [0.25, 0.3) is 0 Å². The van der Waals surface area contributed by atoms with Crippen molar-refractivity contribution < 1.29 is 0 Å². The van der Waals surface area contributed by atoms with E-state index in [1.807, 2.05) is 6.08 Å². The standard InChI is InChI=1S/C13H16BrN/c1-3-11-6-7-12(14)8-13(11)15(2)9-10-4-5-10/h3,6-8,10H,1,4-5,9H2,2H3. The monoisotopic (exact) mass is 265 g/mol. The molecule has 0 spiro atoms. The third kappa shape index (κ3) is 2.63. The van der Waals surface area contributed by atoms with Crippen molar-refractivity contribution in [3.05, 3.63) is 34.8 Å². The lowest BCUT2D eigenvalue weighted by Gasteiger charge is -2.21. The molecule has 0 atom stereocenters. The molecule has 1 aromatic rings. The Balaban J connectivity index is 2.22. The van der Waals surface area contributed by atoms with Crippen molar-refractivity contribution in [2.24, 2.45) is 5.92 Å². The van der Waals surface area contributed by atoms with Crippen LogP contribution in [0.5, 0.6) is 0 Å². The zero-order valence-corrected chi connectivity index (χ0v) is 10.6. The van der Waals surface area contributed by atoms with E-state index in [-0.39, 0.29) is 0 Å². The van der Waals surface area contributed by atoms with Gasteiger partial charge in [-0.2, -0.15) is 0 Å². The number of halogens is 1. The lowest BCUT2D eigenvalue weighted by atomic mass is 10.1. The van der Waals surface area contributed by atoms with Gasteiger partial charge in [-0.25, -0.2) is 0 Å². The summed E-state index contributed by atoms with van der Waals surface area (Å²) < 4.78 is 1.13. The van der Waals surface area contributed by atoms with Crippen LogP contribution in [-0.2, 0) is 0 Å². The molecular formula is C13H16BrN. The molecule has 1 aliphatic rings. The maximum absolute atomic E-state index is 3.86.